The smallest absolute Gasteiger partial charge is 0.191 e. The summed E-state index contributed by atoms with van der Waals surface area (Å²) in [5.41, 5.74) is 1.18. The van der Waals surface area contributed by atoms with Crippen molar-refractivity contribution in [2.75, 3.05) is 58.3 Å². The molecule has 4 rings (SSSR count). The van der Waals surface area contributed by atoms with Crippen molar-refractivity contribution in [2.45, 2.75) is 25.3 Å². The largest absolute Gasteiger partial charge is 0.495 e. The van der Waals surface area contributed by atoms with Crippen LogP contribution in [0.5, 0.6) is 5.75 Å². The quantitative estimate of drug-likeness (QED) is 0.295. The highest BCUT2D eigenvalue weighted by molar-refractivity contribution is 14.0. The number of para-hydroxylation sites is 2. The molecule has 2 saturated heterocycles. The number of halogens is 1. The first-order valence-corrected chi connectivity index (χ1v) is 11.4. The summed E-state index contributed by atoms with van der Waals surface area (Å²) in [6, 6.07) is 12.6. The molecule has 0 radical (unpaired) electrons. The van der Waals surface area contributed by atoms with E-state index in [0.29, 0.717) is 5.92 Å². The average molecular weight is 553 g/mol. The Kier molecular flexibility index (Phi) is 9.52. The van der Waals surface area contributed by atoms with Gasteiger partial charge in [-0.1, -0.05) is 12.1 Å². The molecule has 2 aromatic rings. The third-order valence-corrected chi connectivity index (χ3v) is 6.41. The summed E-state index contributed by atoms with van der Waals surface area (Å²) in [5, 5.41) is 7.06. The lowest BCUT2D eigenvalue weighted by molar-refractivity contribution is 0.215. The van der Waals surface area contributed by atoms with E-state index in [0.717, 1.165) is 63.2 Å². The molecule has 2 atom stereocenters. The van der Waals surface area contributed by atoms with Crippen molar-refractivity contribution in [3.8, 4) is 5.75 Å². The number of guanidine groups is 1. The van der Waals surface area contributed by atoms with Gasteiger partial charge in [0, 0.05) is 33.2 Å². The highest BCUT2D eigenvalue weighted by Crippen LogP contribution is 2.31. The van der Waals surface area contributed by atoms with Gasteiger partial charge in [0.2, 0.25) is 0 Å². The molecule has 0 saturated carbocycles. The van der Waals surface area contributed by atoms with E-state index in [9.17, 15) is 0 Å². The molecule has 2 aliphatic heterocycles. The van der Waals surface area contributed by atoms with Gasteiger partial charge in [-0.25, -0.2) is 0 Å². The minimum atomic E-state index is 0. The fraction of sp³-hybridized carbons (Fsp3) is 0.542. The molecule has 176 valence electrons. The maximum atomic E-state index is 5.73. The van der Waals surface area contributed by atoms with Crippen LogP contribution < -0.4 is 20.3 Å². The maximum Gasteiger partial charge on any atom is 0.191 e. The van der Waals surface area contributed by atoms with E-state index in [1.807, 2.05) is 25.2 Å². The summed E-state index contributed by atoms with van der Waals surface area (Å²) in [4.78, 5) is 9.36. The molecule has 7 nitrogen and oxygen atoms in total. The molecule has 2 fully saturated rings. The van der Waals surface area contributed by atoms with Crippen LogP contribution in [-0.4, -0.2) is 64.3 Å². The average Bonchev–Trinajstić information content (AvgIpc) is 3.59. The van der Waals surface area contributed by atoms with Crippen molar-refractivity contribution in [3.05, 3.63) is 48.4 Å². The van der Waals surface area contributed by atoms with E-state index < -0.39 is 0 Å². The predicted molar refractivity (Wildman–Crippen MR) is 140 cm³/mol. The summed E-state index contributed by atoms with van der Waals surface area (Å²) in [6.07, 6.45) is 5.44. The molecule has 0 bridgehead atoms. The van der Waals surface area contributed by atoms with E-state index in [4.69, 9.17) is 9.15 Å². The van der Waals surface area contributed by atoms with E-state index in [2.05, 4.69) is 43.6 Å². The summed E-state index contributed by atoms with van der Waals surface area (Å²) in [5.74, 6) is 3.39. The fourth-order valence-electron chi connectivity index (χ4n) is 4.71. The molecular formula is C24H36IN5O2. The molecule has 2 N–H and O–H groups in total. The van der Waals surface area contributed by atoms with Crippen LogP contribution in [0.3, 0.4) is 0 Å². The SMILES string of the molecule is CN=C(NCC1CCN(c2ccccc2OC)C1)NCC(c1ccco1)N1CCCC1.I. The second-order valence-corrected chi connectivity index (χ2v) is 8.38. The molecule has 0 aliphatic carbocycles. The number of methoxy groups -OCH3 is 1. The van der Waals surface area contributed by atoms with Crippen molar-refractivity contribution in [3.63, 3.8) is 0 Å². The molecular weight excluding hydrogens is 517 g/mol. The van der Waals surface area contributed by atoms with Crippen molar-refractivity contribution in [1.82, 2.24) is 15.5 Å². The third kappa shape index (κ3) is 6.10. The minimum absolute atomic E-state index is 0. The number of nitrogens with zero attached hydrogens (tertiary/aromatic N) is 3. The van der Waals surface area contributed by atoms with Crippen LogP contribution in [0.2, 0.25) is 0 Å². The lowest BCUT2D eigenvalue weighted by Gasteiger charge is -2.27. The first kappa shape index (κ1) is 24.7. The van der Waals surface area contributed by atoms with Gasteiger partial charge in [0.1, 0.15) is 11.5 Å². The van der Waals surface area contributed by atoms with Gasteiger partial charge in [0.05, 0.1) is 25.1 Å². The van der Waals surface area contributed by atoms with E-state index >= 15 is 0 Å². The number of aliphatic imine (C=N–C) groups is 1. The van der Waals surface area contributed by atoms with E-state index in [-0.39, 0.29) is 30.0 Å². The Bertz CT molecular complexity index is 839. The fourth-order valence-corrected chi connectivity index (χ4v) is 4.71. The number of furan rings is 1. The first-order chi connectivity index (χ1) is 15.3. The molecule has 0 amide bonds. The van der Waals surface area contributed by atoms with Crippen molar-refractivity contribution in [1.29, 1.82) is 0 Å². The zero-order valence-corrected chi connectivity index (χ0v) is 21.5. The second kappa shape index (κ2) is 12.3. The van der Waals surface area contributed by atoms with Crippen LogP contribution in [0, 0.1) is 5.92 Å². The van der Waals surface area contributed by atoms with E-state index in [1.165, 1.54) is 18.5 Å². The maximum absolute atomic E-state index is 5.73. The van der Waals surface area contributed by atoms with Gasteiger partial charge in [-0.15, -0.1) is 24.0 Å². The molecule has 2 aliphatic rings. The van der Waals surface area contributed by atoms with E-state index in [1.54, 1.807) is 13.4 Å². The number of benzene rings is 1. The van der Waals surface area contributed by atoms with Gasteiger partial charge in [-0.2, -0.15) is 0 Å². The summed E-state index contributed by atoms with van der Waals surface area (Å²) >= 11 is 0. The van der Waals surface area contributed by atoms with Crippen molar-refractivity contribution < 1.29 is 9.15 Å². The lowest BCUT2D eigenvalue weighted by Crippen LogP contribution is -2.44. The number of anilines is 1. The Morgan fingerprint density at radius 3 is 2.69 bits per heavy atom. The number of nitrogens with one attached hydrogen (secondary N) is 2. The van der Waals surface area contributed by atoms with Gasteiger partial charge in [-0.3, -0.25) is 9.89 Å². The zero-order valence-electron chi connectivity index (χ0n) is 19.1. The molecule has 1 aromatic carbocycles. The molecule has 32 heavy (non-hydrogen) atoms. The van der Waals surface area contributed by atoms with Crippen LogP contribution in [0.4, 0.5) is 5.69 Å². The zero-order chi connectivity index (χ0) is 21.5. The Morgan fingerprint density at radius 2 is 1.97 bits per heavy atom. The Hall–Kier alpha value is -1.94. The molecule has 8 heteroatoms. The topological polar surface area (TPSA) is 65.3 Å². The summed E-state index contributed by atoms with van der Waals surface area (Å²) < 4.78 is 11.3. The minimum Gasteiger partial charge on any atom is -0.495 e. The van der Waals surface area contributed by atoms with Crippen molar-refractivity contribution >= 4 is 35.6 Å². The molecule has 1 aromatic heterocycles. The number of hydrogen-bond donors (Lipinski definition) is 2. The van der Waals surface area contributed by atoms with Crippen LogP contribution in [-0.2, 0) is 0 Å². The van der Waals surface area contributed by atoms with Gasteiger partial charge < -0.3 is 24.7 Å². The highest BCUT2D eigenvalue weighted by Gasteiger charge is 2.27. The van der Waals surface area contributed by atoms with Gasteiger partial charge in [-0.05, 0) is 62.5 Å². The summed E-state index contributed by atoms with van der Waals surface area (Å²) in [6.45, 7) is 6.01. The number of likely N-dealkylation sites (tertiary alicyclic amines) is 1. The van der Waals surface area contributed by atoms with Crippen LogP contribution in [0.15, 0.2) is 52.1 Å². The van der Waals surface area contributed by atoms with Crippen LogP contribution in [0.1, 0.15) is 31.1 Å². The van der Waals surface area contributed by atoms with Crippen LogP contribution in [0.25, 0.3) is 0 Å². The first-order valence-electron chi connectivity index (χ1n) is 11.4. The number of hydrogen-bond acceptors (Lipinski definition) is 5. The van der Waals surface area contributed by atoms with Gasteiger partial charge in [0.25, 0.3) is 0 Å². The standard InChI is InChI=1S/C24H35N5O2.HI/c1-25-24(27-17-21(23-10-7-15-31-23)28-12-5-6-13-28)26-16-19-11-14-29(18-19)20-8-3-4-9-22(20)30-2;/h3-4,7-10,15,19,21H,5-6,11-14,16-18H2,1-2H3,(H2,25,26,27);1H. The molecule has 3 heterocycles. The molecule has 0 spiro atoms. The Labute approximate surface area is 208 Å². The second-order valence-electron chi connectivity index (χ2n) is 8.38. The van der Waals surface area contributed by atoms with Gasteiger partial charge >= 0.3 is 0 Å². The number of rotatable bonds is 8. The lowest BCUT2D eigenvalue weighted by atomic mass is 10.1. The Balaban J connectivity index is 0.00000289. The predicted octanol–water partition coefficient (Wildman–Crippen LogP) is 3.73. The monoisotopic (exact) mass is 553 g/mol. The Morgan fingerprint density at radius 1 is 1.16 bits per heavy atom. The van der Waals surface area contributed by atoms with Crippen LogP contribution >= 0.6 is 24.0 Å². The van der Waals surface area contributed by atoms with Gasteiger partial charge in [0.15, 0.2) is 5.96 Å². The molecule has 2 unspecified atom stereocenters. The third-order valence-electron chi connectivity index (χ3n) is 6.41. The van der Waals surface area contributed by atoms with Crippen molar-refractivity contribution in [2.24, 2.45) is 10.9 Å². The summed E-state index contributed by atoms with van der Waals surface area (Å²) in [7, 11) is 3.57. The normalized spacial score (nSPS) is 20.1. The highest BCUT2D eigenvalue weighted by atomic mass is 127. The number of ether oxygens (including phenoxy) is 1.